The van der Waals surface area contributed by atoms with E-state index in [0.29, 0.717) is 0 Å². The molecule has 0 radical (unpaired) electrons. The average Bonchev–Trinajstić information content (AvgIpc) is 3.69. The van der Waals surface area contributed by atoms with Crippen LogP contribution < -0.4 is 5.79 Å². The molecule has 4 aromatic heterocycles. The Morgan fingerprint density at radius 3 is 1.21 bits per heavy atom. The first-order valence-electron chi connectivity index (χ1n) is 16.6. The van der Waals surface area contributed by atoms with Crippen LogP contribution in [0.1, 0.15) is 102 Å². The van der Waals surface area contributed by atoms with Crippen molar-refractivity contribution >= 4 is 97.5 Å². The summed E-state index contributed by atoms with van der Waals surface area (Å²) < 4.78 is 3.37. The average molecular weight is 857 g/mol. The SMILES string of the molecule is CCCCCCCCc1c[c]([Sn]([CH3])([CH3])[CH3])sc1-c1nc2sc(-c3s[c]([Sn]([CH3])([CH3])[CH3])cc3CCCCCCCC)nc2s1. The molecule has 4 rings (SSSR count). The van der Waals surface area contributed by atoms with Gasteiger partial charge in [-0.3, -0.25) is 0 Å². The molecule has 0 amide bonds. The second-order valence-electron chi connectivity index (χ2n) is 14.1. The molecule has 0 aliphatic carbocycles. The van der Waals surface area contributed by atoms with Gasteiger partial charge in [-0.15, -0.1) is 0 Å². The minimum absolute atomic E-state index is 1.14. The molecule has 0 spiro atoms. The molecule has 0 aliphatic rings. The molecule has 0 saturated carbocycles. The summed E-state index contributed by atoms with van der Waals surface area (Å²) >= 11 is 3.49. The molecule has 4 aromatic rings. The van der Waals surface area contributed by atoms with E-state index in [0.717, 1.165) is 9.66 Å². The molecule has 2 nitrogen and oxygen atoms in total. The first kappa shape index (κ1) is 35.4. The zero-order valence-corrected chi connectivity index (χ0v) is 36.6. The van der Waals surface area contributed by atoms with Crippen molar-refractivity contribution in [2.24, 2.45) is 0 Å². The molecule has 0 aromatic carbocycles. The fourth-order valence-corrected chi connectivity index (χ4v) is 20.6. The van der Waals surface area contributed by atoms with Crippen molar-refractivity contribution in [1.29, 1.82) is 0 Å². The van der Waals surface area contributed by atoms with Crippen LogP contribution in [0.3, 0.4) is 0 Å². The topological polar surface area (TPSA) is 25.8 Å². The number of hydrogen-bond donors (Lipinski definition) is 0. The maximum absolute atomic E-state index is 5.27. The van der Waals surface area contributed by atoms with Crippen molar-refractivity contribution in [1.82, 2.24) is 9.97 Å². The van der Waals surface area contributed by atoms with Gasteiger partial charge in [0.1, 0.15) is 0 Å². The van der Waals surface area contributed by atoms with Crippen LogP contribution >= 0.6 is 45.3 Å². The van der Waals surface area contributed by atoms with Crippen LogP contribution in [0.2, 0.25) is 29.6 Å². The summed E-state index contributed by atoms with van der Waals surface area (Å²) in [5, 5.41) is 2.43. The van der Waals surface area contributed by atoms with Crippen LogP contribution in [0, 0.1) is 0 Å². The Bertz CT molecular complexity index is 1260. The Kier molecular flexibility index (Phi) is 13.8. The van der Waals surface area contributed by atoms with Gasteiger partial charge < -0.3 is 0 Å². The summed E-state index contributed by atoms with van der Waals surface area (Å²) in [5.41, 5.74) is 3.11. The normalized spacial score (nSPS) is 12.7. The second kappa shape index (κ2) is 16.4. The van der Waals surface area contributed by atoms with Crippen LogP contribution in [0.25, 0.3) is 29.4 Å². The number of rotatable bonds is 18. The fraction of sp³-hybridized carbons (Fsp3) is 0.647. The van der Waals surface area contributed by atoms with E-state index in [9.17, 15) is 0 Å². The van der Waals surface area contributed by atoms with Crippen LogP contribution in [0.5, 0.6) is 0 Å². The number of nitrogens with zero attached hydrogens (tertiary/aromatic N) is 2. The van der Waals surface area contributed by atoms with E-state index >= 15 is 0 Å². The van der Waals surface area contributed by atoms with E-state index in [1.165, 1.54) is 110 Å². The molecular weight excluding hydrogens is 802 g/mol. The number of fused-ring (bicyclic) bond motifs is 1. The van der Waals surface area contributed by atoms with Gasteiger partial charge in [-0.2, -0.15) is 0 Å². The number of thiophene rings is 2. The van der Waals surface area contributed by atoms with Gasteiger partial charge in [-0.25, -0.2) is 0 Å². The first-order chi connectivity index (χ1) is 20.0. The molecule has 0 fully saturated rings. The van der Waals surface area contributed by atoms with Gasteiger partial charge in [-0.05, 0) is 0 Å². The quantitative estimate of drug-likeness (QED) is 0.0736. The van der Waals surface area contributed by atoms with E-state index in [2.05, 4.69) is 78.3 Å². The zero-order chi connectivity index (χ0) is 30.3. The van der Waals surface area contributed by atoms with Gasteiger partial charge in [0, 0.05) is 0 Å². The van der Waals surface area contributed by atoms with E-state index in [1.54, 1.807) is 16.9 Å². The molecule has 42 heavy (non-hydrogen) atoms. The summed E-state index contributed by atoms with van der Waals surface area (Å²) in [7, 11) is 0. The standard InChI is InChI=1S/C28H36N2S4.6CH3.2Sn/c1-3-5-7-9-11-13-15-21-17-19-31-23(21)25-29-27-28(33-25)30-26(34-27)24-22(18-20-32-24)16-14-12-10-8-6-4-2;;;;;;;;/h17-18H,3-16H2,1-2H3;6*1H3;;. The van der Waals surface area contributed by atoms with Crippen molar-refractivity contribution in [2.75, 3.05) is 0 Å². The van der Waals surface area contributed by atoms with Gasteiger partial charge in [0.25, 0.3) is 0 Å². The number of hydrogen-bond acceptors (Lipinski definition) is 6. The zero-order valence-electron chi connectivity index (χ0n) is 27.6. The van der Waals surface area contributed by atoms with E-state index in [4.69, 9.17) is 9.97 Å². The van der Waals surface area contributed by atoms with E-state index in [-0.39, 0.29) is 0 Å². The van der Waals surface area contributed by atoms with E-state index in [1.807, 2.05) is 22.7 Å². The van der Waals surface area contributed by atoms with Gasteiger partial charge in [0.2, 0.25) is 0 Å². The van der Waals surface area contributed by atoms with Crippen LogP contribution in [0.15, 0.2) is 12.1 Å². The third kappa shape index (κ3) is 9.76. The Hall–Kier alpha value is 0.517. The summed E-state index contributed by atoms with van der Waals surface area (Å²) in [6.45, 7) is 4.60. The molecular formula is C34H54N2S4Sn2. The molecule has 0 N–H and O–H groups in total. The summed E-state index contributed by atoms with van der Waals surface area (Å²) in [6.07, 6.45) is 18.6. The molecule has 0 unspecified atom stereocenters. The van der Waals surface area contributed by atoms with Crippen molar-refractivity contribution in [2.45, 2.75) is 133 Å². The number of aromatic nitrogens is 2. The number of thiazole rings is 2. The third-order valence-corrected chi connectivity index (χ3v) is 31.6. The third-order valence-electron chi connectivity index (χ3n) is 8.06. The predicted molar refractivity (Wildman–Crippen MR) is 202 cm³/mol. The molecule has 8 heteroatoms. The van der Waals surface area contributed by atoms with Gasteiger partial charge in [0.15, 0.2) is 0 Å². The van der Waals surface area contributed by atoms with Crippen LogP contribution in [-0.4, -0.2) is 46.7 Å². The minimum atomic E-state index is -2.16. The van der Waals surface area contributed by atoms with Crippen molar-refractivity contribution in [3.8, 4) is 19.8 Å². The summed E-state index contributed by atoms with van der Waals surface area (Å²) in [4.78, 5) is 31.0. The Morgan fingerprint density at radius 1 is 0.500 bits per heavy atom. The predicted octanol–water partition coefficient (Wildman–Crippen LogP) is 12.1. The molecule has 0 saturated heterocycles. The van der Waals surface area contributed by atoms with Crippen molar-refractivity contribution in [3.63, 3.8) is 0 Å². The van der Waals surface area contributed by atoms with E-state index < -0.39 is 36.8 Å². The molecule has 0 aliphatic heterocycles. The fourth-order valence-electron chi connectivity index (χ4n) is 5.36. The summed E-state index contributed by atoms with van der Waals surface area (Å²) in [6, 6.07) is 5.16. The summed E-state index contributed by atoms with van der Waals surface area (Å²) in [5.74, 6) is 0. The molecule has 0 bridgehead atoms. The molecule has 0 atom stereocenters. The number of unbranched alkanes of at least 4 members (excludes halogenated alkanes) is 10. The Labute approximate surface area is 280 Å². The second-order valence-corrected chi connectivity index (χ2v) is 49.0. The van der Waals surface area contributed by atoms with Gasteiger partial charge in [0.05, 0.1) is 0 Å². The Morgan fingerprint density at radius 2 is 0.857 bits per heavy atom. The maximum atomic E-state index is 5.27. The van der Waals surface area contributed by atoms with Crippen LogP contribution in [-0.2, 0) is 12.8 Å². The van der Waals surface area contributed by atoms with Crippen molar-refractivity contribution in [3.05, 3.63) is 23.3 Å². The monoisotopic (exact) mass is 858 g/mol. The molecule has 4 heterocycles. The first-order valence-corrected chi connectivity index (χ1v) is 39.8. The van der Waals surface area contributed by atoms with Gasteiger partial charge in [-0.1, -0.05) is 0 Å². The van der Waals surface area contributed by atoms with Crippen molar-refractivity contribution < 1.29 is 0 Å². The van der Waals surface area contributed by atoms with Crippen LogP contribution in [0.4, 0.5) is 0 Å². The molecule has 232 valence electrons. The Balaban J connectivity index is 1.56. The van der Waals surface area contributed by atoms with Gasteiger partial charge >= 0.3 is 284 Å². The number of aryl methyl sites for hydroxylation is 2.